The highest BCUT2D eigenvalue weighted by Crippen LogP contribution is 2.29. The summed E-state index contributed by atoms with van der Waals surface area (Å²) in [4.78, 5) is 42.7. The number of ether oxygens (including phenoxy) is 1. The first-order valence-corrected chi connectivity index (χ1v) is 12.9. The number of amides is 2. The van der Waals surface area contributed by atoms with Crippen molar-refractivity contribution in [3.05, 3.63) is 47.2 Å². The number of hydrogen-bond donors (Lipinski definition) is 1. The Morgan fingerprint density at radius 3 is 2.59 bits per heavy atom. The summed E-state index contributed by atoms with van der Waals surface area (Å²) in [7, 11) is -4.21. The molecule has 0 bridgehead atoms. The number of esters is 1. The number of sulfonamides is 1. The minimum Gasteiger partial charge on any atom is -0.462 e. The lowest BCUT2D eigenvalue weighted by molar-refractivity contribution is -0.124. The summed E-state index contributed by atoms with van der Waals surface area (Å²) in [5.74, 6) is -1.92. The van der Waals surface area contributed by atoms with Crippen molar-refractivity contribution in [1.29, 1.82) is 5.26 Å². The quantitative estimate of drug-likeness (QED) is 0.529. The Morgan fingerprint density at radius 1 is 1.24 bits per heavy atom. The minimum atomic E-state index is -4.21. The SMILES string of the molecule is CCOC(=O)c1cc(C#N)c(N2CC(C(=O)NS(=O)(=O)c3cccc(N4N=C(C)CC4=O)c3)C2)nc1C. The predicted octanol–water partition coefficient (Wildman–Crippen LogP) is 1.49. The van der Waals surface area contributed by atoms with Gasteiger partial charge in [-0.1, -0.05) is 6.07 Å². The van der Waals surface area contributed by atoms with Crippen molar-refractivity contribution < 1.29 is 27.5 Å². The second kappa shape index (κ2) is 9.98. The van der Waals surface area contributed by atoms with Crippen molar-refractivity contribution in [1.82, 2.24) is 9.71 Å². The number of aromatic nitrogens is 1. The zero-order valence-corrected chi connectivity index (χ0v) is 21.2. The molecule has 0 saturated carbocycles. The van der Waals surface area contributed by atoms with Gasteiger partial charge in [0.25, 0.3) is 15.9 Å². The first-order valence-electron chi connectivity index (χ1n) is 11.4. The third-order valence-electron chi connectivity index (χ3n) is 5.88. The summed E-state index contributed by atoms with van der Waals surface area (Å²) >= 11 is 0. The van der Waals surface area contributed by atoms with E-state index >= 15 is 0 Å². The van der Waals surface area contributed by atoms with Crippen LogP contribution in [0.15, 0.2) is 40.3 Å². The molecule has 12 nitrogen and oxygen atoms in total. The van der Waals surface area contributed by atoms with Crippen LogP contribution in [0.3, 0.4) is 0 Å². The number of nitriles is 1. The van der Waals surface area contributed by atoms with E-state index in [9.17, 15) is 28.1 Å². The molecule has 2 aromatic rings. The van der Waals surface area contributed by atoms with Crippen molar-refractivity contribution in [2.45, 2.75) is 32.1 Å². The van der Waals surface area contributed by atoms with Crippen LogP contribution in [0.5, 0.6) is 0 Å². The van der Waals surface area contributed by atoms with Gasteiger partial charge in [-0.3, -0.25) is 9.59 Å². The van der Waals surface area contributed by atoms with Gasteiger partial charge >= 0.3 is 5.97 Å². The number of nitrogens with one attached hydrogen (secondary N) is 1. The molecule has 3 heterocycles. The molecule has 0 unspecified atom stereocenters. The molecule has 0 aliphatic carbocycles. The molecule has 37 heavy (non-hydrogen) atoms. The minimum absolute atomic E-state index is 0.136. The highest BCUT2D eigenvalue weighted by Gasteiger charge is 2.37. The smallest absolute Gasteiger partial charge is 0.340 e. The molecular weight excluding hydrogens is 500 g/mol. The Balaban J connectivity index is 1.44. The van der Waals surface area contributed by atoms with Gasteiger partial charge in [0.05, 0.1) is 46.3 Å². The summed E-state index contributed by atoms with van der Waals surface area (Å²) < 4.78 is 32.8. The first kappa shape index (κ1) is 25.8. The lowest BCUT2D eigenvalue weighted by atomic mass is 9.98. The fourth-order valence-electron chi connectivity index (χ4n) is 3.96. The largest absolute Gasteiger partial charge is 0.462 e. The second-order valence-electron chi connectivity index (χ2n) is 8.61. The molecule has 192 valence electrons. The molecule has 1 fully saturated rings. The second-order valence-corrected chi connectivity index (χ2v) is 10.3. The highest BCUT2D eigenvalue weighted by molar-refractivity contribution is 7.90. The summed E-state index contributed by atoms with van der Waals surface area (Å²) in [6, 6.07) is 9.02. The first-order chi connectivity index (χ1) is 17.5. The molecule has 2 aliphatic heterocycles. The molecule has 2 amide bonds. The van der Waals surface area contributed by atoms with E-state index in [0.717, 1.165) is 5.01 Å². The van der Waals surface area contributed by atoms with E-state index in [2.05, 4.69) is 14.8 Å². The van der Waals surface area contributed by atoms with Gasteiger partial charge in [0.15, 0.2) is 0 Å². The fourth-order valence-corrected chi connectivity index (χ4v) is 5.05. The Kier molecular flexibility index (Phi) is 6.95. The molecule has 0 atom stereocenters. The zero-order chi connectivity index (χ0) is 26.9. The summed E-state index contributed by atoms with van der Waals surface area (Å²) in [5.41, 5.74) is 1.59. The van der Waals surface area contributed by atoms with E-state index in [1.165, 1.54) is 24.3 Å². The molecule has 2 aliphatic rings. The number of carbonyl (C=O) groups excluding carboxylic acids is 3. The van der Waals surface area contributed by atoms with Crippen LogP contribution in [0.4, 0.5) is 11.5 Å². The van der Waals surface area contributed by atoms with Crippen molar-refractivity contribution in [2.24, 2.45) is 11.0 Å². The maximum atomic E-state index is 12.9. The molecule has 4 rings (SSSR count). The van der Waals surface area contributed by atoms with Gasteiger partial charge in [-0.2, -0.15) is 10.4 Å². The van der Waals surface area contributed by atoms with E-state index in [4.69, 9.17) is 4.74 Å². The van der Waals surface area contributed by atoms with Gasteiger partial charge in [0, 0.05) is 18.8 Å². The van der Waals surface area contributed by atoms with Crippen LogP contribution in [0, 0.1) is 24.2 Å². The van der Waals surface area contributed by atoms with Crippen LogP contribution < -0.4 is 14.6 Å². The number of hydrazone groups is 1. The number of rotatable bonds is 7. The van der Waals surface area contributed by atoms with E-state index in [1.807, 2.05) is 6.07 Å². The third kappa shape index (κ3) is 5.14. The topological polar surface area (TPSA) is 162 Å². The summed E-state index contributed by atoms with van der Waals surface area (Å²) in [6.45, 7) is 5.44. The fraction of sp³-hybridized carbons (Fsp3) is 0.333. The van der Waals surface area contributed by atoms with Crippen molar-refractivity contribution >= 4 is 45.0 Å². The van der Waals surface area contributed by atoms with Crippen LogP contribution in [-0.2, 0) is 24.3 Å². The van der Waals surface area contributed by atoms with Gasteiger partial charge in [0.2, 0.25) is 5.91 Å². The summed E-state index contributed by atoms with van der Waals surface area (Å²) in [6.07, 6.45) is 0.152. The molecule has 0 spiro atoms. The number of anilines is 2. The van der Waals surface area contributed by atoms with Gasteiger partial charge in [0.1, 0.15) is 11.9 Å². The maximum absolute atomic E-state index is 12.9. The Morgan fingerprint density at radius 2 is 1.97 bits per heavy atom. The third-order valence-corrected chi connectivity index (χ3v) is 7.23. The van der Waals surface area contributed by atoms with E-state index < -0.39 is 27.8 Å². The molecule has 1 aromatic carbocycles. The van der Waals surface area contributed by atoms with Crippen molar-refractivity contribution in [3.8, 4) is 6.07 Å². The number of aryl methyl sites for hydroxylation is 1. The molecule has 1 aromatic heterocycles. The predicted molar refractivity (Wildman–Crippen MR) is 132 cm³/mol. The summed E-state index contributed by atoms with van der Waals surface area (Å²) in [5, 5.41) is 14.8. The van der Waals surface area contributed by atoms with Gasteiger partial charge in [-0.05, 0) is 45.0 Å². The monoisotopic (exact) mass is 524 g/mol. The Bertz CT molecular complexity index is 1470. The number of hydrogen-bond acceptors (Lipinski definition) is 10. The van der Waals surface area contributed by atoms with Gasteiger partial charge in [-0.15, -0.1) is 0 Å². The van der Waals surface area contributed by atoms with E-state index in [-0.39, 0.29) is 53.7 Å². The van der Waals surface area contributed by atoms with Crippen LogP contribution in [0.1, 0.15) is 41.9 Å². The van der Waals surface area contributed by atoms with Crippen LogP contribution in [0.25, 0.3) is 0 Å². The average molecular weight is 525 g/mol. The molecular formula is C24H24N6O6S. The Labute approximate surface area is 213 Å². The normalized spacial score (nSPS) is 15.6. The van der Waals surface area contributed by atoms with Gasteiger partial charge in [-0.25, -0.2) is 27.9 Å². The lowest BCUT2D eigenvalue weighted by Gasteiger charge is -2.39. The molecule has 1 saturated heterocycles. The van der Waals surface area contributed by atoms with Crippen LogP contribution in [-0.4, -0.2) is 56.6 Å². The van der Waals surface area contributed by atoms with E-state index in [0.29, 0.717) is 17.2 Å². The number of benzene rings is 1. The van der Waals surface area contributed by atoms with Crippen molar-refractivity contribution in [3.63, 3.8) is 0 Å². The van der Waals surface area contributed by atoms with Gasteiger partial charge < -0.3 is 9.64 Å². The zero-order valence-electron chi connectivity index (χ0n) is 20.4. The molecule has 1 N–H and O–H groups in total. The number of carbonyl (C=O) groups is 3. The number of pyridine rings is 1. The lowest BCUT2D eigenvalue weighted by Crippen LogP contribution is -2.55. The van der Waals surface area contributed by atoms with Crippen molar-refractivity contribution in [2.75, 3.05) is 29.6 Å². The number of nitrogens with zero attached hydrogens (tertiary/aromatic N) is 5. The molecule has 13 heteroatoms. The standard InChI is InChI=1S/C24H24N6O6S/c1-4-36-24(33)20-9-16(11-25)22(26-15(20)3)29-12-17(13-29)23(32)28-37(34,35)19-7-5-6-18(10-19)30-21(31)8-14(2)27-30/h5-7,9-10,17H,4,8,12-13H2,1-3H3,(H,28,32). The average Bonchev–Trinajstić information content (AvgIpc) is 3.16. The highest BCUT2D eigenvalue weighted by atomic mass is 32.2. The maximum Gasteiger partial charge on any atom is 0.340 e. The van der Waals surface area contributed by atoms with Crippen LogP contribution >= 0.6 is 0 Å². The molecule has 0 radical (unpaired) electrons. The van der Waals surface area contributed by atoms with E-state index in [1.54, 1.807) is 31.7 Å². The van der Waals surface area contributed by atoms with Crippen LogP contribution in [0.2, 0.25) is 0 Å². The Hall–Kier alpha value is -4.31.